The van der Waals surface area contributed by atoms with Gasteiger partial charge < -0.3 is 4.74 Å². The first kappa shape index (κ1) is 19.7. The highest BCUT2D eigenvalue weighted by atomic mass is 35.5. The van der Waals surface area contributed by atoms with Gasteiger partial charge in [-0.05, 0) is 30.7 Å². The SMILES string of the molecule is O=C(c1ccc(Cl)s1)N(CCCN1CCOCC1)c1nc2c(F)cccc2s1. The van der Waals surface area contributed by atoms with Gasteiger partial charge in [-0.1, -0.05) is 29.0 Å². The predicted octanol–water partition coefficient (Wildman–Crippen LogP) is 4.52. The molecule has 1 saturated heterocycles. The zero-order chi connectivity index (χ0) is 19.5. The van der Waals surface area contributed by atoms with Crippen molar-refractivity contribution in [2.75, 3.05) is 44.3 Å². The predicted molar refractivity (Wildman–Crippen MR) is 112 cm³/mol. The van der Waals surface area contributed by atoms with Gasteiger partial charge in [0, 0.05) is 26.2 Å². The van der Waals surface area contributed by atoms with Crippen LogP contribution in [-0.2, 0) is 4.74 Å². The van der Waals surface area contributed by atoms with E-state index in [1.54, 1.807) is 23.1 Å². The summed E-state index contributed by atoms with van der Waals surface area (Å²) in [6.07, 6.45) is 0.795. The van der Waals surface area contributed by atoms with E-state index in [9.17, 15) is 9.18 Å². The van der Waals surface area contributed by atoms with Gasteiger partial charge in [0.2, 0.25) is 0 Å². The summed E-state index contributed by atoms with van der Waals surface area (Å²) in [6.45, 7) is 4.67. The van der Waals surface area contributed by atoms with E-state index in [0.717, 1.165) is 44.0 Å². The molecule has 1 aliphatic rings. The lowest BCUT2D eigenvalue weighted by molar-refractivity contribution is 0.0376. The Hall–Kier alpha value is -1.58. The molecule has 1 amide bonds. The summed E-state index contributed by atoms with van der Waals surface area (Å²) in [7, 11) is 0. The van der Waals surface area contributed by atoms with Gasteiger partial charge in [-0.3, -0.25) is 14.6 Å². The molecule has 5 nitrogen and oxygen atoms in total. The largest absolute Gasteiger partial charge is 0.379 e. The van der Waals surface area contributed by atoms with E-state index < -0.39 is 0 Å². The number of aromatic nitrogens is 1. The van der Waals surface area contributed by atoms with Gasteiger partial charge in [-0.25, -0.2) is 9.37 Å². The van der Waals surface area contributed by atoms with E-state index in [1.165, 1.54) is 28.7 Å². The average molecular weight is 440 g/mol. The Kier molecular flexibility index (Phi) is 6.22. The number of benzene rings is 1. The van der Waals surface area contributed by atoms with E-state index in [-0.39, 0.29) is 11.7 Å². The van der Waals surface area contributed by atoms with Crippen LogP contribution in [0.5, 0.6) is 0 Å². The lowest BCUT2D eigenvalue weighted by Gasteiger charge is -2.27. The van der Waals surface area contributed by atoms with Crippen LogP contribution >= 0.6 is 34.3 Å². The monoisotopic (exact) mass is 439 g/mol. The number of amides is 1. The average Bonchev–Trinajstić information content (AvgIpc) is 3.33. The fourth-order valence-electron chi connectivity index (χ4n) is 3.14. The van der Waals surface area contributed by atoms with E-state index in [2.05, 4.69) is 9.88 Å². The third-order valence-electron chi connectivity index (χ3n) is 4.58. The zero-order valence-corrected chi connectivity index (χ0v) is 17.5. The third-order valence-corrected chi connectivity index (χ3v) is 6.84. The van der Waals surface area contributed by atoms with Crippen molar-refractivity contribution in [3.8, 4) is 0 Å². The van der Waals surface area contributed by atoms with Gasteiger partial charge in [0.05, 0.1) is 27.1 Å². The second kappa shape index (κ2) is 8.84. The number of carbonyl (C=O) groups excluding carboxylic acids is 1. The normalized spacial score (nSPS) is 15.2. The molecule has 0 N–H and O–H groups in total. The molecule has 0 atom stereocenters. The van der Waals surface area contributed by atoms with Crippen molar-refractivity contribution in [3.05, 3.63) is 45.4 Å². The highest BCUT2D eigenvalue weighted by molar-refractivity contribution is 7.22. The van der Waals surface area contributed by atoms with Crippen molar-refractivity contribution in [2.24, 2.45) is 0 Å². The molecule has 1 aromatic carbocycles. The third kappa shape index (κ3) is 4.36. The maximum Gasteiger partial charge on any atom is 0.270 e. The molecule has 2 aromatic heterocycles. The van der Waals surface area contributed by atoms with Gasteiger partial charge in [0.25, 0.3) is 5.91 Å². The van der Waals surface area contributed by atoms with Crippen LogP contribution in [0.3, 0.4) is 0 Å². The first-order valence-electron chi connectivity index (χ1n) is 9.04. The molecule has 4 rings (SSSR count). The lowest BCUT2D eigenvalue weighted by atomic mass is 10.3. The van der Waals surface area contributed by atoms with E-state index in [0.29, 0.717) is 26.4 Å². The molecule has 1 fully saturated rings. The number of para-hydroxylation sites is 1. The first-order valence-corrected chi connectivity index (χ1v) is 11.1. The molecule has 3 aromatic rings. The maximum atomic E-state index is 14.1. The molecule has 0 saturated carbocycles. The van der Waals surface area contributed by atoms with Crippen molar-refractivity contribution >= 4 is 55.5 Å². The van der Waals surface area contributed by atoms with Crippen LogP contribution in [0, 0.1) is 5.82 Å². The van der Waals surface area contributed by atoms with Gasteiger partial charge in [0.1, 0.15) is 11.3 Å². The summed E-state index contributed by atoms with van der Waals surface area (Å²) in [5.41, 5.74) is 0.303. The Balaban J connectivity index is 1.56. The van der Waals surface area contributed by atoms with Crippen LogP contribution in [0.2, 0.25) is 4.34 Å². The Morgan fingerprint density at radius 2 is 2.07 bits per heavy atom. The topological polar surface area (TPSA) is 45.7 Å². The molecule has 0 radical (unpaired) electrons. The fourth-order valence-corrected chi connectivity index (χ4v) is 5.14. The van der Waals surface area contributed by atoms with E-state index in [4.69, 9.17) is 16.3 Å². The molecular formula is C19H19ClFN3O2S2. The van der Waals surface area contributed by atoms with Crippen LogP contribution in [0.15, 0.2) is 30.3 Å². The number of halogens is 2. The summed E-state index contributed by atoms with van der Waals surface area (Å²) < 4.78 is 20.8. The van der Waals surface area contributed by atoms with Gasteiger partial charge in [0.15, 0.2) is 5.13 Å². The zero-order valence-electron chi connectivity index (χ0n) is 15.1. The number of rotatable bonds is 6. The Labute approximate surface area is 175 Å². The molecule has 1 aliphatic heterocycles. The minimum Gasteiger partial charge on any atom is -0.379 e. The number of hydrogen-bond acceptors (Lipinski definition) is 6. The summed E-state index contributed by atoms with van der Waals surface area (Å²) >= 11 is 8.58. The van der Waals surface area contributed by atoms with Crippen molar-refractivity contribution in [3.63, 3.8) is 0 Å². The summed E-state index contributed by atoms with van der Waals surface area (Å²) in [4.78, 5) is 22.1. The van der Waals surface area contributed by atoms with Crippen LogP contribution in [-0.4, -0.2) is 55.2 Å². The van der Waals surface area contributed by atoms with Crippen molar-refractivity contribution < 1.29 is 13.9 Å². The minimum absolute atomic E-state index is 0.154. The summed E-state index contributed by atoms with van der Waals surface area (Å²) in [5, 5.41) is 0.511. The van der Waals surface area contributed by atoms with E-state index >= 15 is 0 Å². The molecular weight excluding hydrogens is 421 g/mol. The minimum atomic E-state index is -0.375. The molecule has 9 heteroatoms. The number of morpholine rings is 1. The molecule has 28 heavy (non-hydrogen) atoms. The highest BCUT2D eigenvalue weighted by Gasteiger charge is 2.23. The molecule has 0 bridgehead atoms. The lowest BCUT2D eigenvalue weighted by Crippen LogP contribution is -2.39. The maximum absolute atomic E-state index is 14.1. The molecule has 148 valence electrons. The number of carbonyl (C=O) groups is 1. The molecule has 0 unspecified atom stereocenters. The van der Waals surface area contributed by atoms with Crippen LogP contribution in [0.1, 0.15) is 16.1 Å². The quantitative estimate of drug-likeness (QED) is 0.566. The molecule has 3 heterocycles. The smallest absolute Gasteiger partial charge is 0.270 e. The second-order valence-corrected chi connectivity index (χ2v) is 9.18. The Morgan fingerprint density at radius 1 is 1.25 bits per heavy atom. The summed E-state index contributed by atoms with van der Waals surface area (Å²) in [5.74, 6) is -0.529. The number of fused-ring (bicyclic) bond motifs is 1. The van der Waals surface area contributed by atoms with Gasteiger partial charge in [-0.15, -0.1) is 11.3 Å². The van der Waals surface area contributed by atoms with Crippen molar-refractivity contribution in [2.45, 2.75) is 6.42 Å². The van der Waals surface area contributed by atoms with Crippen LogP contribution < -0.4 is 4.90 Å². The fraction of sp³-hybridized carbons (Fsp3) is 0.368. The Bertz CT molecular complexity index is 971. The number of thiazole rings is 1. The van der Waals surface area contributed by atoms with Crippen molar-refractivity contribution in [1.29, 1.82) is 0 Å². The number of anilines is 1. The second-order valence-electron chi connectivity index (χ2n) is 6.45. The van der Waals surface area contributed by atoms with Crippen LogP contribution in [0.4, 0.5) is 9.52 Å². The van der Waals surface area contributed by atoms with Crippen LogP contribution in [0.25, 0.3) is 10.2 Å². The number of ether oxygens (including phenoxy) is 1. The molecule has 0 aliphatic carbocycles. The number of thiophene rings is 1. The first-order chi connectivity index (χ1) is 13.6. The summed E-state index contributed by atoms with van der Waals surface area (Å²) in [6, 6.07) is 8.29. The highest BCUT2D eigenvalue weighted by Crippen LogP contribution is 2.32. The Morgan fingerprint density at radius 3 is 2.79 bits per heavy atom. The number of hydrogen-bond donors (Lipinski definition) is 0. The molecule has 0 spiro atoms. The van der Waals surface area contributed by atoms with Crippen molar-refractivity contribution in [1.82, 2.24) is 9.88 Å². The standard InChI is InChI=1S/C19H19ClFN3O2S2/c20-16-6-5-15(27-16)18(25)24(8-2-7-23-9-11-26-12-10-23)19-22-17-13(21)3-1-4-14(17)28-19/h1,3-6H,2,7-12H2. The number of nitrogens with zero attached hydrogens (tertiary/aromatic N) is 3. The van der Waals surface area contributed by atoms with Gasteiger partial charge >= 0.3 is 0 Å². The van der Waals surface area contributed by atoms with Gasteiger partial charge in [-0.2, -0.15) is 0 Å². The van der Waals surface area contributed by atoms with E-state index in [1.807, 2.05) is 6.07 Å².